The van der Waals surface area contributed by atoms with Crippen LogP contribution in [0.25, 0.3) is 0 Å². The van der Waals surface area contributed by atoms with Gasteiger partial charge in [0.25, 0.3) is 0 Å². The average molecular weight is 295 g/mol. The number of hydrogen-bond donors (Lipinski definition) is 2. The first-order chi connectivity index (χ1) is 10.2. The van der Waals surface area contributed by atoms with E-state index >= 15 is 0 Å². The monoisotopic (exact) mass is 295 g/mol. The zero-order chi connectivity index (χ0) is 15.3. The normalized spacial score (nSPS) is 22.6. The van der Waals surface area contributed by atoms with Crippen molar-refractivity contribution in [1.29, 1.82) is 0 Å². The molecule has 3 N–H and O–H groups in total. The molecule has 5 nitrogen and oxygen atoms in total. The number of amidine groups is 1. The second kappa shape index (κ2) is 7.14. The fourth-order valence-corrected chi connectivity index (χ4v) is 3.45. The highest BCUT2D eigenvalue weighted by Crippen LogP contribution is 2.40. The molecule has 5 heteroatoms. The van der Waals surface area contributed by atoms with E-state index in [-0.39, 0.29) is 11.7 Å². The molecule has 0 aromatic heterocycles. The van der Waals surface area contributed by atoms with Crippen LogP contribution in [0.1, 0.15) is 71.1 Å². The van der Waals surface area contributed by atoms with E-state index in [1.807, 2.05) is 4.90 Å². The van der Waals surface area contributed by atoms with Crippen molar-refractivity contribution in [3.05, 3.63) is 0 Å². The van der Waals surface area contributed by atoms with Crippen molar-refractivity contribution >= 4 is 11.7 Å². The Morgan fingerprint density at radius 2 is 1.90 bits per heavy atom. The van der Waals surface area contributed by atoms with Crippen molar-refractivity contribution in [2.75, 3.05) is 6.54 Å². The highest BCUT2D eigenvalue weighted by Gasteiger charge is 2.48. The Kier molecular flexibility index (Phi) is 5.48. The maximum Gasteiger partial charge on any atom is 0.236 e. The van der Waals surface area contributed by atoms with Gasteiger partial charge in [-0.2, -0.15) is 0 Å². The molecule has 2 fully saturated rings. The Bertz CT molecular complexity index is 383. The van der Waals surface area contributed by atoms with E-state index < -0.39 is 5.41 Å². The Balaban J connectivity index is 2.23. The molecule has 0 spiro atoms. The number of hydrogen-bond acceptors (Lipinski definition) is 3. The number of oxime groups is 1. The van der Waals surface area contributed by atoms with Gasteiger partial charge >= 0.3 is 0 Å². The van der Waals surface area contributed by atoms with Crippen LogP contribution in [0.3, 0.4) is 0 Å². The Morgan fingerprint density at radius 3 is 2.38 bits per heavy atom. The standard InChI is InChI=1S/C16H29N3O2/c1-2-3-12-19(13-8-9-13)15(20)16(14(17)18-21)10-6-4-5-7-11-16/h13,21H,2-12H2,1H3,(H2,17,18). The molecule has 2 aliphatic rings. The highest BCUT2D eigenvalue weighted by molar-refractivity contribution is 6.06. The van der Waals surface area contributed by atoms with Crippen LogP contribution in [0.5, 0.6) is 0 Å². The highest BCUT2D eigenvalue weighted by atomic mass is 16.4. The molecule has 0 heterocycles. The molecule has 0 unspecified atom stereocenters. The van der Waals surface area contributed by atoms with Crippen LogP contribution in [0.15, 0.2) is 5.16 Å². The van der Waals surface area contributed by atoms with Gasteiger partial charge in [-0.3, -0.25) is 4.79 Å². The van der Waals surface area contributed by atoms with E-state index in [0.717, 1.165) is 70.8 Å². The van der Waals surface area contributed by atoms with Crippen molar-refractivity contribution < 1.29 is 10.0 Å². The van der Waals surface area contributed by atoms with E-state index in [1.54, 1.807) is 0 Å². The van der Waals surface area contributed by atoms with Gasteiger partial charge in [0, 0.05) is 12.6 Å². The van der Waals surface area contributed by atoms with E-state index in [4.69, 9.17) is 5.73 Å². The summed E-state index contributed by atoms with van der Waals surface area (Å²) in [7, 11) is 0. The van der Waals surface area contributed by atoms with Gasteiger partial charge in [0.15, 0.2) is 5.84 Å². The topological polar surface area (TPSA) is 78.9 Å². The molecule has 0 atom stereocenters. The van der Waals surface area contributed by atoms with Crippen molar-refractivity contribution in [2.24, 2.45) is 16.3 Å². The number of rotatable bonds is 6. The van der Waals surface area contributed by atoms with Gasteiger partial charge in [-0.15, -0.1) is 0 Å². The first-order valence-corrected chi connectivity index (χ1v) is 8.45. The molecular weight excluding hydrogens is 266 g/mol. The maximum atomic E-state index is 13.2. The average Bonchev–Trinajstić information content (AvgIpc) is 3.33. The number of nitrogens with two attached hydrogens (primary N) is 1. The van der Waals surface area contributed by atoms with Gasteiger partial charge in [0.1, 0.15) is 5.41 Å². The van der Waals surface area contributed by atoms with Crippen LogP contribution in [-0.2, 0) is 4.79 Å². The van der Waals surface area contributed by atoms with Crippen LogP contribution in [0.2, 0.25) is 0 Å². The van der Waals surface area contributed by atoms with Gasteiger partial charge in [0.05, 0.1) is 0 Å². The minimum Gasteiger partial charge on any atom is -0.409 e. The summed E-state index contributed by atoms with van der Waals surface area (Å²) in [4.78, 5) is 15.2. The lowest BCUT2D eigenvalue weighted by molar-refractivity contribution is -0.139. The molecule has 2 saturated carbocycles. The summed E-state index contributed by atoms with van der Waals surface area (Å²) in [5.74, 6) is 0.229. The Labute approximate surface area is 127 Å². The third-order valence-electron chi connectivity index (χ3n) is 4.97. The maximum absolute atomic E-state index is 13.2. The van der Waals surface area contributed by atoms with Gasteiger partial charge in [-0.05, 0) is 32.1 Å². The summed E-state index contributed by atoms with van der Waals surface area (Å²) in [6.07, 6.45) is 9.96. The second-order valence-corrected chi connectivity index (χ2v) is 6.56. The van der Waals surface area contributed by atoms with Gasteiger partial charge in [-0.25, -0.2) is 0 Å². The second-order valence-electron chi connectivity index (χ2n) is 6.56. The third-order valence-corrected chi connectivity index (χ3v) is 4.97. The van der Waals surface area contributed by atoms with Crippen LogP contribution in [0.4, 0.5) is 0 Å². The van der Waals surface area contributed by atoms with Crippen LogP contribution in [0, 0.1) is 5.41 Å². The Hall–Kier alpha value is -1.26. The molecule has 2 rings (SSSR count). The van der Waals surface area contributed by atoms with Gasteiger partial charge in [-0.1, -0.05) is 44.2 Å². The van der Waals surface area contributed by atoms with E-state index in [9.17, 15) is 10.0 Å². The lowest BCUT2D eigenvalue weighted by Crippen LogP contribution is -2.52. The lowest BCUT2D eigenvalue weighted by Gasteiger charge is -2.36. The molecule has 0 radical (unpaired) electrons. The number of carbonyl (C=O) groups is 1. The summed E-state index contributed by atoms with van der Waals surface area (Å²) >= 11 is 0. The van der Waals surface area contributed by atoms with Crippen molar-refractivity contribution in [3.63, 3.8) is 0 Å². The summed E-state index contributed by atoms with van der Waals surface area (Å²) in [5.41, 5.74) is 5.23. The zero-order valence-corrected chi connectivity index (χ0v) is 13.2. The minimum atomic E-state index is -0.762. The molecule has 1 amide bonds. The largest absolute Gasteiger partial charge is 0.409 e. The van der Waals surface area contributed by atoms with Gasteiger partial charge < -0.3 is 15.8 Å². The summed E-state index contributed by atoms with van der Waals surface area (Å²) < 4.78 is 0. The zero-order valence-electron chi connectivity index (χ0n) is 13.2. The van der Waals surface area contributed by atoms with Crippen molar-refractivity contribution in [2.45, 2.75) is 77.2 Å². The minimum absolute atomic E-state index is 0.107. The quantitative estimate of drug-likeness (QED) is 0.260. The van der Waals surface area contributed by atoms with Crippen LogP contribution in [-0.4, -0.2) is 34.4 Å². The smallest absolute Gasteiger partial charge is 0.236 e. The molecule has 21 heavy (non-hydrogen) atoms. The van der Waals surface area contributed by atoms with E-state index in [0.29, 0.717) is 6.04 Å². The van der Waals surface area contributed by atoms with Gasteiger partial charge in [0.2, 0.25) is 5.91 Å². The molecule has 0 bridgehead atoms. The predicted molar refractivity (Wildman–Crippen MR) is 83.2 cm³/mol. The first-order valence-electron chi connectivity index (χ1n) is 8.45. The number of amides is 1. The fraction of sp³-hybridized carbons (Fsp3) is 0.875. The lowest BCUT2D eigenvalue weighted by atomic mass is 9.77. The molecular formula is C16H29N3O2. The Morgan fingerprint density at radius 1 is 1.29 bits per heavy atom. The number of carbonyl (C=O) groups excluding carboxylic acids is 1. The van der Waals surface area contributed by atoms with E-state index in [2.05, 4.69) is 12.1 Å². The molecule has 120 valence electrons. The molecule has 0 aromatic carbocycles. The first kappa shape index (κ1) is 16.1. The third kappa shape index (κ3) is 3.50. The molecule has 0 aliphatic heterocycles. The summed E-state index contributed by atoms with van der Waals surface area (Å²) in [6, 6.07) is 0.385. The van der Waals surface area contributed by atoms with Crippen LogP contribution < -0.4 is 5.73 Å². The van der Waals surface area contributed by atoms with Crippen molar-refractivity contribution in [1.82, 2.24) is 4.90 Å². The molecule has 0 aromatic rings. The summed E-state index contributed by atoms with van der Waals surface area (Å²) in [5, 5.41) is 12.4. The number of nitrogens with zero attached hydrogens (tertiary/aromatic N) is 2. The van der Waals surface area contributed by atoms with Crippen LogP contribution >= 0.6 is 0 Å². The van der Waals surface area contributed by atoms with E-state index in [1.165, 1.54) is 0 Å². The van der Waals surface area contributed by atoms with Crippen molar-refractivity contribution in [3.8, 4) is 0 Å². The summed E-state index contributed by atoms with van der Waals surface area (Å²) in [6.45, 7) is 2.95. The fourth-order valence-electron chi connectivity index (χ4n) is 3.45. The number of unbranched alkanes of at least 4 members (excludes halogenated alkanes) is 1. The molecule has 0 saturated heterocycles. The predicted octanol–water partition coefficient (Wildman–Crippen LogP) is 2.86. The SMILES string of the molecule is CCCCN(C(=O)C1(C(N)=NO)CCCCCC1)C1CC1. The molecule has 2 aliphatic carbocycles.